The van der Waals surface area contributed by atoms with Gasteiger partial charge < -0.3 is 9.31 Å². The fourth-order valence-corrected chi connectivity index (χ4v) is 5.72. The molecule has 1 aromatic rings. The maximum absolute atomic E-state index is 12.6. The van der Waals surface area contributed by atoms with E-state index in [4.69, 9.17) is 9.31 Å². The first-order valence-corrected chi connectivity index (χ1v) is 12.4. The Balaban J connectivity index is 1.70. The van der Waals surface area contributed by atoms with Gasteiger partial charge in [-0.2, -0.15) is 0 Å². The maximum Gasteiger partial charge on any atom is 0.494 e. The van der Waals surface area contributed by atoms with Gasteiger partial charge in [-0.25, -0.2) is 16.8 Å². The second-order valence-corrected chi connectivity index (χ2v) is 12.4. The van der Waals surface area contributed by atoms with Crippen LogP contribution >= 0.6 is 0 Å². The number of hydrogen-bond acceptors (Lipinski definition) is 7. The third-order valence-electron chi connectivity index (χ3n) is 5.55. The van der Waals surface area contributed by atoms with Crippen molar-refractivity contribution in [2.75, 3.05) is 30.5 Å². The van der Waals surface area contributed by atoms with Crippen LogP contribution in [0.25, 0.3) is 0 Å². The lowest BCUT2D eigenvalue weighted by molar-refractivity contribution is 0.00578. The largest absolute Gasteiger partial charge is 0.494 e. The van der Waals surface area contributed by atoms with Gasteiger partial charge in [0.25, 0.3) is 0 Å². The molecule has 0 aliphatic carbocycles. The first kappa shape index (κ1) is 20.8. The van der Waals surface area contributed by atoms with E-state index in [1.165, 1.54) is 0 Å². The van der Waals surface area contributed by atoms with Gasteiger partial charge in [0.05, 0.1) is 27.6 Å². The Morgan fingerprint density at radius 1 is 1.00 bits per heavy atom. The summed E-state index contributed by atoms with van der Waals surface area (Å²) >= 11 is 0. The van der Waals surface area contributed by atoms with E-state index < -0.39 is 38.0 Å². The van der Waals surface area contributed by atoms with Gasteiger partial charge in [-0.05, 0) is 45.3 Å². The van der Waals surface area contributed by atoms with Crippen LogP contribution in [0.2, 0.25) is 0 Å². The van der Waals surface area contributed by atoms with Crippen LogP contribution in [0, 0.1) is 0 Å². The second kappa shape index (κ2) is 6.84. The maximum atomic E-state index is 12.6. The van der Waals surface area contributed by atoms with Gasteiger partial charge >= 0.3 is 7.12 Å². The lowest BCUT2D eigenvalue weighted by Gasteiger charge is -2.32. The molecule has 2 aliphatic rings. The average Bonchev–Trinajstić information content (AvgIpc) is 2.78. The van der Waals surface area contributed by atoms with Crippen LogP contribution in [0.5, 0.6) is 0 Å². The molecule has 0 amide bonds. The molecule has 150 valence electrons. The highest BCUT2D eigenvalue weighted by Gasteiger charge is 2.51. The highest BCUT2D eigenvalue weighted by molar-refractivity contribution is 7.91. The van der Waals surface area contributed by atoms with Crippen molar-refractivity contribution in [1.29, 1.82) is 0 Å². The number of sulfone groups is 2. The summed E-state index contributed by atoms with van der Waals surface area (Å²) in [5, 5.41) is 0. The van der Waals surface area contributed by atoms with Gasteiger partial charge in [-0.15, -0.1) is 0 Å². The molecule has 1 aromatic carbocycles. The van der Waals surface area contributed by atoms with Crippen molar-refractivity contribution in [2.24, 2.45) is 0 Å². The Labute approximate surface area is 162 Å². The molecule has 0 bridgehead atoms. The lowest BCUT2D eigenvalue weighted by Crippen LogP contribution is -2.42. The van der Waals surface area contributed by atoms with E-state index in [9.17, 15) is 16.8 Å². The van der Waals surface area contributed by atoms with Crippen molar-refractivity contribution in [3.8, 4) is 0 Å². The zero-order chi connectivity index (χ0) is 20.1. The highest BCUT2D eigenvalue weighted by Crippen LogP contribution is 2.36. The molecule has 0 N–H and O–H groups in total. The van der Waals surface area contributed by atoms with E-state index >= 15 is 0 Å². The van der Waals surface area contributed by atoms with Crippen molar-refractivity contribution >= 4 is 32.3 Å². The Kier molecular flexibility index (Phi) is 5.27. The van der Waals surface area contributed by atoms with E-state index in [0.29, 0.717) is 0 Å². The van der Waals surface area contributed by atoms with Crippen molar-refractivity contribution in [3.05, 3.63) is 24.3 Å². The number of hydrogen-bond donors (Lipinski definition) is 0. The summed E-state index contributed by atoms with van der Waals surface area (Å²) in [6.45, 7) is 8.34. The normalized spacial score (nSPS) is 24.8. The zero-order valence-electron chi connectivity index (χ0n) is 16.1. The summed E-state index contributed by atoms with van der Waals surface area (Å²) in [7, 11) is -7.11. The predicted octanol–water partition coefficient (Wildman–Crippen LogP) is 0.447. The van der Waals surface area contributed by atoms with Crippen LogP contribution in [-0.4, -0.2) is 70.5 Å². The molecule has 7 nitrogen and oxygen atoms in total. The standard InChI is InChI=1S/C17H26BNO6S2/c1-16(2)17(3,4)25-18(24-16)14-5-7-15(8-6-14)27(22,23)13-19-9-11-26(20,21)12-10-19/h5-8H,9-13H2,1-4H3. The van der Waals surface area contributed by atoms with Crippen LogP contribution in [0.15, 0.2) is 29.2 Å². The summed E-state index contributed by atoms with van der Waals surface area (Å²) < 4.78 is 60.2. The molecule has 2 heterocycles. The summed E-state index contributed by atoms with van der Waals surface area (Å²) in [5.41, 5.74) is -0.162. The Bertz CT molecular complexity index is 879. The van der Waals surface area contributed by atoms with Gasteiger partial charge in [0, 0.05) is 13.1 Å². The molecule has 0 spiro atoms. The topological polar surface area (TPSA) is 90.0 Å². The first-order valence-electron chi connectivity index (χ1n) is 8.93. The predicted molar refractivity (Wildman–Crippen MR) is 104 cm³/mol. The molecule has 0 radical (unpaired) electrons. The number of rotatable bonds is 4. The summed E-state index contributed by atoms with van der Waals surface area (Å²) in [5.74, 6) is -0.175. The van der Waals surface area contributed by atoms with E-state index in [1.807, 2.05) is 27.7 Å². The lowest BCUT2D eigenvalue weighted by atomic mass is 9.79. The molecule has 0 atom stereocenters. The monoisotopic (exact) mass is 415 g/mol. The molecule has 2 saturated heterocycles. The second-order valence-electron chi connectivity index (χ2n) is 8.17. The molecule has 2 fully saturated rings. The van der Waals surface area contributed by atoms with E-state index in [1.54, 1.807) is 29.2 Å². The molecule has 2 aliphatic heterocycles. The minimum atomic E-state index is -3.53. The molecule has 0 unspecified atom stereocenters. The van der Waals surface area contributed by atoms with E-state index in [2.05, 4.69) is 0 Å². The summed E-state index contributed by atoms with van der Waals surface area (Å²) in [4.78, 5) is 1.87. The van der Waals surface area contributed by atoms with Crippen LogP contribution < -0.4 is 5.46 Å². The SMILES string of the molecule is CC1(C)OB(c2ccc(S(=O)(=O)CN3CCS(=O)(=O)CC3)cc2)OC1(C)C. The Hall–Kier alpha value is -0.935. The van der Waals surface area contributed by atoms with Crippen molar-refractivity contribution in [3.63, 3.8) is 0 Å². The highest BCUT2D eigenvalue weighted by atomic mass is 32.2. The van der Waals surface area contributed by atoms with Crippen molar-refractivity contribution in [2.45, 2.75) is 43.8 Å². The van der Waals surface area contributed by atoms with Crippen LogP contribution in [-0.2, 0) is 29.0 Å². The van der Waals surface area contributed by atoms with Gasteiger partial charge in [0.15, 0.2) is 19.7 Å². The summed E-state index contributed by atoms with van der Waals surface area (Å²) in [6, 6.07) is 6.51. The average molecular weight is 415 g/mol. The smallest absolute Gasteiger partial charge is 0.399 e. The summed E-state index contributed by atoms with van der Waals surface area (Å²) in [6.07, 6.45) is 0. The molecular formula is C17H26BNO6S2. The Morgan fingerprint density at radius 3 is 1.96 bits per heavy atom. The first-order chi connectivity index (χ1) is 12.3. The van der Waals surface area contributed by atoms with Crippen molar-refractivity contribution < 1.29 is 26.1 Å². The molecular weight excluding hydrogens is 389 g/mol. The third kappa shape index (κ3) is 4.40. The van der Waals surface area contributed by atoms with Crippen LogP contribution in [0.3, 0.4) is 0 Å². The fourth-order valence-electron chi connectivity index (χ4n) is 3.01. The van der Waals surface area contributed by atoms with Crippen LogP contribution in [0.4, 0.5) is 0 Å². The molecule has 27 heavy (non-hydrogen) atoms. The van der Waals surface area contributed by atoms with Gasteiger partial charge in [-0.1, -0.05) is 12.1 Å². The van der Waals surface area contributed by atoms with Gasteiger partial charge in [-0.3, -0.25) is 4.90 Å². The quantitative estimate of drug-likeness (QED) is 0.660. The molecule has 10 heteroatoms. The van der Waals surface area contributed by atoms with E-state index in [0.717, 1.165) is 5.46 Å². The third-order valence-corrected chi connectivity index (χ3v) is 8.86. The van der Waals surface area contributed by atoms with E-state index in [-0.39, 0.29) is 35.4 Å². The molecule has 0 saturated carbocycles. The van der Waals surface area contributed by atoms with Crippen LogP contribution in [0.1, 0.15) is 27.7 Å². The molecule has 0 aromatic heterocycles. The fraction of sp³-hybridized carbons (Fsp3) is 0.647. The minimum absolute atomic E-state index is 0.00336. The van der Waals surface area contributed by atoms with Gasteiger partial charge in [0.2, 0.25) is 0 Å². The Morgan fingerprint density at radius 2 is 1.48 bits per heavy atom. The molecule has 3 rings (SSSR count). The zero-order valence-corrected chi connectivity index (χ0v) is 17.8. The number of nitrogens with zero attached hydrogens (tertiary/aromatic N) is 1. The minimum Gasteiger partial charge on any atom is -0.399 e. The number of benzene rings is 1. The van der Waals surface area contributed by atoms with Crippen molar-refractivity contribution in [1.82, 2.24) is 4.90 Å². The van der Waals surface area contributed by atoms with Gasteiger partial charge in [0.1, 0.15) is 5.88 Å².